The highest BCUT2D eigenvalue weighted by Gasteiger charge is 2.38. The highest BCUT2D eigenvalue weighted by molar-refractivity contribution is 5.91. The Hall–Kier alpha value is -1.40. The maximum atomic E-state index is 12.2. The Balaban J connectivity index is 1.39. The third-order valence-electron chi connectivity index (χ3n) is 6.11. The van der Waals surface area contributed by atoms with Crippen molar-refractivity contribution in [1.82, 2.24) is 20.4 Å². The van der Waals surface area contributed by atoms with E-state index in [4.69, 9.17) is 0 Å². The van der Waals surface area contributed by atoms with E-state index in [1.54, 1.807) is 6.92 Å². The van der Waals surface area contributed by atoms with Crippen molar-refractivity contribution in [2.45, 2.75) is 76.5 Å². The molecule has 1 aromatic rings. The Kier molecular flexibility index (Phi) is 4.35. The van der Waals surface area contributed by atoms with Gasteiger partial charge in [-0.2, -0.15) is 5.10 Å². The Labute approximate surface area is 144 Å². The first kappa shape index (κ1) is 16.1. The van der Waals surface area contributed by atoms with Gasteiger partial charge in [-0.3, -0.25) is 14.8 Å². The molecule has 3 fully saturated rings. The number of carbonyl (C=O) groups excluding carboxylic acids is 1. The number of carbonyl (C=O) groups is 1. The average Bonchev–Trinajstić information content (AvgIpc) is 3.13. The van der Waals surface area contributed by atoms with E-state index in [2.05, 4.69) is 20.4 Å². The molecule has 4 heterocycles. The van der Waals surface area contributed by atoms with Gasteiger partial charge in [-0.25, -0.2) is 0 Å². The van der Waals surface area contributed by atoms with Gasteiger partial charge in [0.2, 0.25) is 5.91 Å². The summed E-state index contributed by atoms with van der Waals surface area (Å²) in [5.74, 6) is 0.873. The SMILES string of the molecule is CC(=O)N(c1cc(C)[nH]n1)C1CCN(C2CC3CCC(C2)N3)CC1. The molecule has 0 aliphatic carbocycles. The molecular weight excluding hydrogens is 302 g/mol. The number of fused-ring (bicyclic) bond motifs is 2. The molecule has 1 aromatic heterocycles. The molecule has 2 bridgehead atoms. The number of aromatic amines is 1. The van der Waals surface area contributed by atoms with Gasteiger partial charge in [0.25, 0.3) is 0 Å². The van der Waals surface area contributed by atoms with E-state index < -0.39 is 0 Å². The summed E-state index contributed by atoms with van der Waals surface area (Å²) in [7, 11) is 0. The van der Waals surface area contributed by atoms with Crippen LogP contribution in [0.3, 0.4) is 0 Å². The van der Waals surface area contributed by atoms with Crippen molar-refractivity contribution in [1.29, 1.82) is 0 Å². The molecule has 2 atom stereocenters. The maximum Gasteiger partial charge on any atom is 0.225 e. The monoisotopic (exact) mass is 331 g/mol. The van der Waals surface area contributed by atoms with E-state index in [0.29, 0.717) is 0 Å². The summed E-state index contributed by atoms with van der Waals surface area (Å²) in [5.41, 5.74) is 0.999. The number of rotatable bonds is 3. The largest absolute Gasteiger partial charge is 0.311 e. The molecule has 6 heteroatoms. The van der Waals surface area contributed by atoms with Crippen molar-refractivity contribution in [3.63, 3.8) is 0 Å². The van der Waals surface area contributed by atoms with Crippen LogP contribution in [0.15, 0.2) is 6.07 Å². The van der Waals surface area contributed by atoms with E-state index >= 15 is 0 Å². The highest BCUT2D eigenvalue weighted by atomic mass is 16.2. The highest BCUT2D eigenvalue weighted by Crippen LogP contribution is 2.32. The number of hydrogen-bond donors (Lipinski definition) is 2. The molecular formula is C18H29N5O. The van der Waals surface area contributed by atoms with Crippen LogP contribution in [0.4, 0.5) is 5.82 Å². The number of likely N-dealkylation sites (tertiary alicyclic amines) is 1. The molecule has 3 saturated heterocycles. The van der Waals surface area contributed by atoms with Crippen LogP contribution in [0.2, 0.25) is 0 Å². The summed E-state index contributed by atoms with van der Waals surface area (Å²) < 4.78 is 0. The van der Waals surface area contributed by atoms with E-state index in [0.717, 1.165) is 55.6 Å². The van der Waals surface area contributed by atoms with Crippen LogP contribution < -0.4 is 10.2 Å². The van der Waals surface area contributed by atoms with Crippen molar-refractivity contribution in [3.05, 3.63) is 11.8 Å². The first-order chi connectivity index (χ1) is 11.6. The molecule has 0 spiro atoms. The summed E-state index contributed by atoms with van der Waals surface area (Å²) in [4.78, 5) is 16.8. The van der Waals surface area contributed by atoms with Gasteiger partial charge in [0.15, 0.2) is 5.82 Å². The number of aryl methyl sites for hydroxylation is 1. The third kappa shape index (κ3) is 3.09. The van der Waals surface area contributed by atoms with Crippen molar-refractivity contribution >= 4 is 11.7 Å². The topological polar surface area (TPSA) is 64.3 Å². The summed E-state index contributed by atoms with van der Waals surface area (Å²) >= 11 is 0. The Morgan fingerprint density at radius 3 is 2.42 bits per heavy atom. The standard InChI is InChI=1S/C18H29N5O/c1-12-9-18(21-20-12)23(13(2)24)16-5-7-22(8-6-16)17-10-14-3-4-15(11-17)19-14/h9,14-17,19H,3-8,10-11H2,1-2H3,(H,20,21). The van der Waals surface area contributed by atoms with Crippen molar-refractivity contribution in [3.8, 4) is 0 Å². The van der Waals surface area contributed by atoms with Crippen LogP contribution in [0.1, 0.15) is 51.1 Å². The van der Waals surface area contributed by atoms with Gasteiger partial charge in [-0.05, 0) is 45.4 Å². The van der Waals surface area contributed by atoms with Crippen LogP contribution in [0.5, 0.6) is 0 Å². The summed E-state index contributed by atoms with van der Waals surface area (Å²) in [5, 5.41) is 11.0. The minimum absolute atomic E-state index is 0.0971. The zero-order chi connectivity index (χ0) is 16.7. The molecule has 1 amide bonds. The molecule has 3 aliphatic heterocycles. The Bertz CT molecular complexity index is 580. The lowest BCUT2D eigenvalue weighted by molar-refractivity contribution is -0.117. The molecule has 0 saturated carbocycles. The molecule has 2 N–H and O–H groups in total. The summed E-state index contributed by atoms with van der Waals surface area (Å²) in [6, 6.07) is 4.47. The number of hydrogen-bond acceptors (Lipinski definition) is 4. The van der Waals surface area contributed by atoms with Gasteiger partial charge in [-0.1, -0.05) is 0 Å². The smallest absolute Gasteiger partial charge is 0.225 e. The Morgan fingerprint density at radius 1 is 1.21 bits per heavy atom. The molecule has 132 valence electrons. The third-order valence-corrected chi connectivity index (χ3v) is 6.11. The van der Waals surface area contributed by atoms with Crippen LogP contribution in [0.25, 0.3) is 0 Å². The first-order valence-electron chi connectivity index (χ1n) is 9.42. The number of H-pyrrole nitrogens is 1. The van der Waals surface area contributed by atoms with Gasteiger partial charge < -0.3 is 10.2 Å². The quantitative estimate of drug-likeness (QED) is 0.887. The predicted octanol–water partition coefficient (Wildman–Crippen LogP) is 1.82. The lowest BCUT2D eigenvalue weighted by Gasteiger charge is -2.43. The Morgan fingerprint density at radius 2 is 1.88 bits per heavy atom. The number of piperidine rings is 2. The van der Waals surface area contributed by atoms with Gasteiger partial charge >= 0.3 is 0 Å². The summed E-state index contributed by atoms with van der Waals surface area (Å²) in [6.07, 6.45) is 7.41. The van der Waals surface area contributed by atoms with Gasteiger partial charge in [0, 0.05) is 55.9 Å². The lowest BCUT2D eigenvalue weighted by atomic mass is 9.94. The van der Waals surface area contributed by atoms with Gasteiger partial charge in [-0.15, -0.1) is 0 Å². The number of aromatic nitrogens is 2. The molecule has 0 aromatic carbocycles. The van der Waals surface area contributed by atoms with Crippen LogP contribution >= 0.6 is 0 Å². The minimum atomic E-state index is 0.0971. The number of anilines is 1. The molecule has 0 radical (unpaired) electrons. The molecule has 6 nitrogen and oxygen atoms in total. The molecule has 4 rings (SSSR count). The molecule has 24 heavy (non-hydrogen) atoms. The van der Waals surface area contributed by atoms with Crippen molar-refractivity contribution < 1.29 is 4.79 Å². The normalized spacial score (nSPS) is 31.3. The average molecular weight is 331 g/mol. The van der Waals surface area contributed by atoms with Gasteiger partial charge in [0.1, 0.15) is 0 Å². The van der Waals surface area contributed by atoms with Crippen LogP contribution in [-0.2, 0) is 4.79 Å². The van der Waals surface area contributed by atoms with E-state index in [1.165, 1.54) is 25.7 Å². The molecule has 2 unspecified atom stereocenters. The lowest BCUT2D eigenvalue weighted by Crippen LogP contribution is -2.53. The van der Waals surface area contributed by atoms with Crippen LogP contribution in [0, 0.1) is 6.92 Å². The van der Waals surface area contributed by atoms with Crippen molar-refractivity contribution in [2.75, 3.05) is 18.0 Å². The van der Waals surface area contributed by atoms with Crippen LogP contribution in [-0.4, -0.2) is 58.3 Å². The molecule has 3 aliphatic rings. The second-order valence-corrected chi connectivity index (χ2v) is 7.83. The second kappa shape index (κ2) is 6.48. The number of nitrogens with one attached hydrogen (secondary N) is 2. The zero-order valence-corrected chi connectivity index (χ0v) is 14.8. The predicted molar refractivity (Wildman–Crippen MR) is 94.0 cm³/mol. The van der Waals surface area contributed by atoms with E-state index in [1.807, 2.05) is 17.9 Å². The fourth-order valence-corrected chi connectivity index (χ4v) is 4.97. The summed E-state index contributed by atoms with van der Waals surface area (Å²) in [6.45, 7) is 5.83. The van der Waals surface area contributed by atoms with E-state index in [9.17, 15) is 4.79 Å². The fourth-order valence-electron chi connectivity index (χ4n) is 4.97. The van der Waals surface area contributed by atoms with E-state index in [-0.39, 0.29) is 11.9 Å². The van der Waals surface area contributed by atoms with Crippen molar-refractivity contribution in [2.24, 2.45) is 0 Å². The first-order valence-corrected chi connectivity index (χ1v) is 9.42. The zero-order valence-electron chi connectivity index (χ0n) is 14.8. The fraction of sp³-hybridized carbons (Fsp3) is 0.778. The number of nitrogens with zero attached hydrogens (tertiary/aromatic N) is 3. The maximum absolute atomic E-state index is 12.2. The second-order valence-electron chi connectivity index (χ2n) is 7.83. The number of amides is 1. The minimum Gasteiger partial charge on any atom is -0.311 e. The van der Waals surface area contributed by atoms with Gasteiger partial charge in [0.05, 0.1) is 0 Å².